The van der Waals surface area contributed by atoms with Gasteiger partial charge in [0.05, 0.1) is 12.5 Å². The Morgan fingerprint density at radius 3 is 3.17 bits per heavy atom. The molecule has 2 heterocycles. The molecule has 0 aliphatic carbocycles. The van der Waals surface area contributed by atoms with E-state index >= 15 is 0 Å². The molecule has 6 heteroatoms. The van der Waals surface area contributed by atoms with E-state index in [1.165, 1.54) is 0 Å². The molecule has 1 N–H and O–H groups in total. The standard InChI is InChI=1S/C12H21N3O3/c1-3-5-13-10-4-6-17-7-9(10)12-14-11(8-16-2)15-18-12/h9-10,13H,3-8H2,1-2H3. The van der Waals surface area contributed by atoms with E-state index in [0.29, 0.717) is 31.0 Å². The first-order valence-corrected chi connectivity index (χ1v) is 6.47. The van der Waals surface area contributed by atoms with E-state index in [9.17, 15) is 0 Å². The number of nitrogens with zero attached hydrogens (tertiary/aromatic N) is 2. The summed E-state index contributed by atoms with van der Waals surface area (Å²) < 4.78 is 15.8. The van der Waals surface area contributed by atoms with Gasteiger partial charge in [0.25, 0.3) is 0 Å². The molecule has 0 bridgehead atoms. The van der Waals surface area contributed by atoms with Crippen molar-refractivity contribution in [1.82, 2.24) is 15.5 Å². The Hall–Kier alpha value is -0.980. The second-order valence-electron chi connectivity index (χ2n) is 4.51. The first kappa shape index (κ1) is 13.5. The summed E-state index contributed by atoms with van der Waals surface area (Å²) in [5.41, 5.74) is 0. The Labute approximate surface area is 107 Å². The van der Waals surface area contributed by atoms with Crippen molar-refractivity contribution in [1.29, 1.82) is 0 Å². The van der Waals surface area contributed by atoms with Gasteiger partial charge in [0.15, 0.2) is 5.82 Å². The Bertz CT molecular complexity index is 356. The highest BCUT2D eigenvalue weighted by Gasteiger charge is 2.31. The van der Waals surface area contributed by atoms with Crippen LogP contribution in [0.3, 0.4) is 0 Å². The average molecular weight is 255 g/mol. The summed E-state index contributed by atoms with van der Waals surface area (Å²) in [6.45, 7) is 4.96. The van der Waals surface area contributed by atoms with Crippen LogP contribution in [0.15, 0.2) is 4.52 Å². The van der Waals surface area contributed by atoms with Crippen LogP contribution in [0.5, 0.6) is 0 Å². The molecule has 0 spiro atoms. The van der Waals surface area contributed by atoms with Crippen molar-refractivity contribution in [2.75, 3.05) is 26.9 Å². The van der Waals surface area contributed by atoms with Crippen LogP contribution in [0, 0.1) is 0 Å². The Balaban J connectivity index is 2.02. The van der Waals surface area contributed by atoms with E-state index in [1.54, 1.807) is 7.11 Å². The highest BCUT2D eigenvalue weighted by Crippen LogP contribution is 2.24. The normalized spacial score (nSPS) is 24.3. The zero-order valence-corrected chi connectivity index (χ0v) is 11.0. The van der Waals surface area contributed by atoms with Crippen LogP contribution >= 0.6 is 0 Å². The maximum absolute atomic E-state index is 5.52. The molecule has 0 radical (unpaired) electrons. The minimum atomic E-state index is 0.142. The van der Waals surface area contributed by atoms with Crippen molar-refractivity contribution in [3.05, 3.63) is 11.7 Å². The van der Waals surface area contributed by atoms with E-state index in [1.807, 2.05) is 0 Å². The second-order valence-corrected chi connectivity index (χ2v) is 4.51. The van der Waals surface area contributed by atoms with Crippen molar-refractivity contribution in [3.8, 4) is 0 Å². The fourth-order valence-corrected chi connectivity index (χ4v) is 2.16. The SMILES string of the molecule is CCCNC1CCOCC1c1nc(COC)no1. The summed E-state index contributed by atoms with van der Waals surface area (Å²) in [4.78, 5) is 4.36. The molecule has 1 aromatic heterocycles. The van der Waals surface area contributed by atoms with Crippen LogP contribution in [0.4, 0.5) is 0 Å². The molecule has 0 aromatic carbocycles. The molecule has 0 saturated carbocycles. The van der Waals surface area contributed by atoms with E-state index in [4.69, 9.17) is 14.0 Å². The van der Waals surface area contributed by atoms with E-state index in [2.05, 4.69) is 22.4 Å². The van der Waals surface area contributed by atoms with Crippen LogP contribution < -0.4 is 5.32 Å². The first-order valence-electron chi connectivity index (χ1n) is 6.47. The molecule has 6 nitrogen and oxygen atoms in total. The quantitative estimate of drug-likeness (QED) is 0.820. The Kier molecular flexibility index (Phi) is 5.10. The molecular formula is C12H21N3O3. The average Bonchev–Trinajstić information content (AvgIpc) is 2.86. The Morgan fingerprint density at radius 1 is 1.50 bits per heavy atom. The molecule has 1 aliphatic heterocycles. The monoisotopic (exact) mass is 255 g/mol. The largest absolute Gasteiger partial charge is 0.381 e. The minimum absolute atomic E-state index is 0.142. The van der Waals surface area contributed by atoms with Gasteiger partial charge in [-0.1, -0.05) is 12.1 Å². The van der Waals surface area contributed by atoms with Crippen LogP contribution in [0.2, 0.25) is 0 Å². The molecular weight excluding hydrogens is 234 g/mol. The number of ether oxygens (including phenoxy) is 2. The van der Waals surface area contributed by atoms with Gasteiger partial charge in [0.1, 0.15) is 6.61 Å². The molecule has 2 rings (SSSR count). The lowest BCUT2D eigenvalue weighted by Gasteiger charge is -2.29. The van der Waals surface area contributed by atoms with Crippen molar-refractivity contribution in [2.24, 2.45) is 0 Å². The van der Waals surface area contributed by atoms with Crippen molar-refractivity contribution in [2.45, 2.75) is 38.3 Å². The van der Waals surface area contributed by atoms with Crippen molar-refractivity contribution in [3.63, 3.8) is 0 Å². The molecule has 2 atom stereocenters. The molecule has 0 amide bonds. The zero-order valence-electron chi connectivity index (χ0n) is 11.0. The van der Waals surface area contributed by atoms with Crippen LogP contribution in [0.25, 0.3) is 0 Å². The fourth-order valence-electron chi connectivity index (χ4n) is 2.16. The lowest BCUT2D eigenvalue weighted by atomic mass is 9.95. The summed E-state index contributed by atoms with van der Waals surface area (Å²) in [5, 5.41) is 7.42. The maximum atomic E-state index is 5.52. The number of methoxy groups -OCH3 is 1. The molecule has 2 unspecified atom stereocenters. The smallest absolute Gasteiger partial charge is 0.233 e. The number of nitrogens with one attached hydrogen (secondary N) is 1. The lowest BCUT2D eigenvalue weighted by molar-refractivity contribution is 0.0498. The second kappa shape index (κ2) is 6.82. The summed E-state index contributed by atoms with van der Waals surface area (Å²) in [5.74, 6) is 1.38. The maximum Gasteiger partial charge on any atom is 0.233 e. The number of rotatable bonds is 6. The Morgan fingerprint density at radius 2 is 2.39 bits per heavy atom. The third-order valence-electron chi connectivity index (χ3n) is 3.09. The number of hydrogen-bond acceptors (Lipinski definition) is 6. The van der Waals surface area contributed by atoms with Gasteiger partial charge in [-0.25, -0.2) is 0 Å². The van der Waals surface area contributed by atoms with Crippen molar-refractivity contribution >= 4 is 0 Å². The predicted molar refractivity (Wildman–Crippen MR) is 65.3 cm³/mol. The molecule has 102 valence electrons. The fraction of sp³-hybridized carbons (Fsp3) is 0.833. The molecule has 1 aliphatic rings. The lowest BCUT2D eigenvalue weighted by Crippen LogP contribution is -2.41. The summed E-state index contributed by atoms with van der Waals surface area (Å²) in [7, 11) is 1.62. The zero-order chi connectivity index (χ0) is 12.8. The molecule has 1 saturated heterocycles. The van der Waals surface area contributed by atoms with Crippen LogP contribution in [-0.4, -0.2) is 43.1 Å². The highest BCUT2D eigenvalue weighted by molar-refractivity contribution is 5.01. The van der Waals surface area contributed by atoms with Gasteiger partial charge in [-0.3, -0.25) is 0 Å². The van der Waals surface area contributed by atoms with Gasteiger partial charge >= 0.3 is 0 Å². The van der Waals surface area contributed by atoms with Gasteiger partial charge in [0.2, 0.25) is 5.89 Å². The van der Waals surface area contributed by atoms with E-state index < -0.39 is 0 Å². The molecule has 1 aromatic rings. The topological polar surface area (TPSA) is 69.4 Å². The van der Waals surface area contributed by atoms with E-state index in [-0.39, 0.29) is 5.92 Å². The summed E-state index contributed by atoms with van der Waals surface area (Å²) >= 11 is 0. The molecule has 18 heavy (non-hydrogen) atoms. The number of hydrogen-bond donors (Lipinski definition) is 1. The third-order valence-corrected chi connectivity index (χ3v) is 3.09. The van der Waals surface area contributed by atoms with Crippen LogP contribution in [-0.2, 0) is 16.1 Å². The van der Waals surface area contributed by atoms with Gasteiger partial charge in [0, 0.05) is 19.8 Å². The molecule has 1 fully saturated rings. The van der Waals surface area contributed by atoms with Gasteiger partial charge in [-0.2, -0.15) is 4.98 Å². The third kappa shape index (κ3) is 3.28. The van der Waals surface area contributed by atoms with E-state index in [0.717, 1.165) is 26.0 Å². The first-order chi connectivity index (χ1) is 8.85. The summed E-state index contributed by atoms with van der Waals surface area (Å²) in [6.07, 6.45) is 2.09. The van der Waals surface area contributed by atoms with Gasteiger partial charge < -0.3 is 19.3 Å². The van der Waals surface area contributed by atoms with Gasteiger partial charge in [-0.15, -0.1) is 0 Å². The van der Waals surface area contributed by atoms with Crippen molar-refractivity contribution < 1.29 is 14.0 Å². The predicted octanol–water partition coefficient (Wildman–Crippen LogP) is 1.09. The van der Waals surface area contributed by atoms with Gasteiger partial charge in [-0.05, 0) is 19.4 Å². The summed E-state index contributed by atoms with van der Waals surface area (Å²) in [6, 6.07) is 0.356. The highest BCUT2D eigenvalue weighted by atomic mass is 16.5. The number of aromatic nitrogens is 2. The minimum Gasteiger partial charge on any atom is -0.381 e. The van der Waals surface area contributed by atoms with Crippen LogP contribution in [0.1, 0.15) is 37.4 Å².